The Morgan fingerprint density at radius 3 is 2.62 bits per heavy atom. The lowest BCUT2D eigenvalue weighted by Gasteiger charge is -2.14. The van der Waals surface area contributed by atoms with Gasteiger partial charge in [0.15, 0.2) is 5.58 Å². The number of carbonyl (C=O) groups excluding carboxylic acids is 1. The monoisotopic (exact) mass is 390 g/mol. The molecule has 0 radical (unpaired) electrons. The van der Waals surface area contributed by atoms with Crippen LogP contribution in [0.1, 0.15) is 29.4 Å². The highest BCUT2D eigenvalue weighted by atomic mass is 19.1. The second-order valence-electron chi connectivity index (χ2n) is 6.77. The van der Waals surface area contributed by atoms with Crippen LogP contribution in [0.5, 0.6) is 5.75 Å². The lowest BCUT2D eigenvalue weighted by molar-refractivity contribution is -0.121. The van der Waals surface area contributed by atoms with Gasteiger partial charge in [0, 0.05) is 13.0 Å². The average molecular weight is 390 g/mol. The summed E-state index contributed by atoms with van der Waals surface area (Å²) in [7, 11) is 0. The topological polar surface area (TPSA) is 75.4 Å². The van der Waals surface area contributed by atoms with Crippen molar-refractivity contribution in [1.82, 2.24) is 10.3 Å². The van der Waals surface area contributed by atoms with Crippen LogP contribution in [0, 0.1) is 5.82 Å². The summed E-state index contributed by atoms with van der Waals surface area (Å²) in [4.78, 5) is 17.1. The molecule has 0 saturated heterocycles. The van der Waals surface area contributed by atoms with Crippen LogP contribution in [0.4, 0.5) is 4.39 Å². The molecule has 1 amide bonds. The number of fused-ring (bicyclic) bond motifs is 1. The molecule has 3 aromatic carbocycles. The van der Waals surface area contributed by atoms with Crippen molar-refractivity contribution in [1.29, 1.82) is 0 Å². The van der Waals surface area contributed by atoms with Crippen LogP contribution in [-0.2, 0) is 11.3 Å². The normalized spacial score (nSPS) is 12.0. The smallest absolute Gasteiger partial charge is 0.221 e. The Bertz CT molecular complexity index is 1110. The zero-order chi connectivity index (χ0) is 20.2. The summed E-state index contributed by atoms with van der Waals surface area (Å²) in [6.45, 7) is 0.289. The van der Waals surface area contributed by atoms with E-state index >= 15 is 0 Å². The number of halogens is 1. The van der Waals surface area contributed by atoms with Gasteiger partial charge >= 0.3 is 0 Å². The fourth-order valence-corrected chi connectivity index (χ4v) is 3.21. The van der Waals surface area contributed by atoms with E-state index in [9.17, 15) is 14.3 Å². The minimum atomic E-state index is -0.452. The van der Waals surface area contributed by atoms with Crippen LogP contribution in [-0.4, -0.2) is 16.0 Å². The third-order valence-corrected chi connectivity index (χ3v) is 4.67. The highest BCUT2D eigenvalue weighted by Crippen LogP contribution is 2.30. The van der Waals surface area contributed by atoms with Gasteiger partial charge in [-0.3, -0.25) is 4.79 Å². The number of phenolic OH excluding ortho intramolecular Hbond substituents is 1. The second-order valence-corrected chi connectivity index (χ2v) is 6.77. The molecule has 2 N–H and O–H groups in total. The van der Waals surface area contributed by atoms with E-state index in [2.05, 4.69) is 10.3 Å². The third-order valence-electron chi connectivity index (χ3n) is 4.67. The molecule has 0 saturated carbocycles. The van der Waals surface area contributed by atoms with E-state index in [0.29, 0.717) is 17.0 Å². The molecule has 0 aliphatic carbocycles. The summed E-state index contributed by atoms with van der Waals surface area (Å²) < 4.78 is 19.3. The molecule has 1 atom stereocenters. The number of oxazole rings is 1. The van der Waals surface area contributed by atoms with Crippen molar-refractivity contribution in [2.75, 3.05) is 0 Å². The Balaban J connectivity index is 1.56. The number of aromatic hydroxyl groups is 1. The average Bonchev–Trinajstić information content (AvgIpc) is 3.15. The van der Waals surface area contributed by atoms with Crippen molar-refractivity contribution in [3.8, 4) is 5.75 Å². The van der Waals surface area contributed by atoms with E-state index in [4.69, 9.17) is 4.42 Å². The number of amides is 1. The molecule has 1 unspecified atom stereocenters. The van der Waals surface area contributed by atoms with E-state index in [0.717, 1.165) is 11.1 Å². The van der Waals surface area contributed by atoms with Crippen molar-refractivity contribution < 1.29 is 18.7 Å². The van der Waals surface area contributed by atoms with Crippen LogP contribution >= 0.6 is 0 Å². The van der Waals surface area contributed by atoms with E-state index in [1.807, 2.05) is 30.3 Å². The summed E-state index contributed by atoms with van der Waals surface area (Å²) in [6, 6.07) is 20.1. The maximum Gasteiger partial charge on any atom is 0.221 e. The van der Waals surface area contributed by atoms with Gasteiger partial charge in [0.1, 0.15) is 17.1 Å². The fraction of sp³-hybridized carbons (Fsp3) is 0.130. The van der Waals surface area contributed by atoms with Crippen molar-refractivity contribution >= 4 is 17.0 Å². The third kappa shape index (κ3) is 4.43. The number of carbonyl (C=O) groups is 1. The summed E-state index contributed by atoms with van der Waals surface area (Å²) in [5, 5.41) is 12.4. The zero-order valence-corrected chi connectivity index (χ0v) is 15.5. The molecular weight excluding hydrogens is 371 g/mol. The molecule has 6 heteroatoms. The van der Waals surface area contributed by atoms with Crippen molar-refractivity contribution in [2.24, 2.45) is 0 Å². The molecule has 1 heterocycles. The molecule has 0 spiro atoms. The van der Waals surface area contributed by atoms with Crippen molar-refractivity contribution in [2.45, 2.75) is 18.9 Å². The van der Waals surface area contributed by atoms with Crippen LogP contribution in [0.2, 0.25) is 0 Å². The number of hydrogen-bond acceptors (Lipinski definition) is 4. The standard InChI is InChI=1S/C23H19FN2O3/c24-17-10-8-16(9-11-17)19(23-26-20-6-1-2-7-21(20)29-23)13-22(28)25-14-15-4-3-5-18(27)12-15/h1-12,19,27H,13-14H2,(H,25,28). The molecular formula is C23H19FN2O3. The quantitative estimate of drug-likeness (QED) is 0.508. The first-order valence-electron chi connectivity index (χ1n) is 9.24. The van der Waals surface area contributed by atoms with Gasteiger partial charge in [0.2, 0.25) is 11.8 Å². The van der Waals surface area contributed by atoms with Gasteiger partial charge in [-0.1, -0.05) is 36.4 Å². The Morgan fingerprint density at radius 2 is 1.86 bits per heavy atom. The van der Waals surface area contributed by atoms with Gasteiger partial charge in [-0.2, -0.15) is 0 Å². The van der Waals surface area contributed by atoms with Crippen LogP contribution in [0.15, 0.2) is 77.2 Å². The Hall–Kier alpha value is -3.67. The second kappa shape index (κ2) is 8.14. The molecule has 0 fully saturated rings. The Kier molecular flexibility index (Phi) is 5.24. The maximum absolute atomic E-state index is 13.4. The molecule has 146 valence electrons. The van der Waals surface area contributed by atoms with E-state index in [1.165, 1.54) is 12.1 Å². The number of nitrogens with zero attached hydrogens (tertiary/aromatic N) is 1. The van der Waals surface area contributed by atoms with Gasteiger partial charge in [-0.25, -0.2) is 9.37 Å². The zero-order valence-electron chi connectivity index (χ0n) is 15.5. The minimum Gasteiger partial charge on any atom is -0.508 e. The predicted molar refractivity (Wildman–Crippen MR) is 107 cm³/mol. The molecule has 5 nitrogen and oxygen atoms in total. The van der Waals surface area contributed by atoms with Gasteiger partial charge in [-0.15, -0.1) is 0 Å². The van der Waals surface area contributed by atoms with Crippen molar-refractivity contribution in [3.63, 3.8) is 0 Å². The molecule has 0 bridgehead atoms. The lowest BCUT2D eigenvalue weighted by atomic mass is 9.95. The number of aromatic nitrogens is 1. The first kappa shape index (κ1) is 18.7. The fourth-order valence-electron chi connectivity index (χ4n) is 3.21. The molecule has 29 heavy (non-hydrogen) atoms. The summed E-state index contributed by atoms with van der Waals surface area (Å²) in [5.74, 6) is -0.451. The van der Waals surface area contributed by atoms with Crippen LogP contribution < -0.4 is 5.32 Å². The van der Waals surface area contributed by atoms with Gasteiger partial charge in [-0.05, 0) is 47.5 Å². The van der Waals surface area contributed by atoms with Crippen LogP contribution in [0.25, 0.3) is 11.1 Å². The number of phenols is 1. The van der Waals surface area contributed by atoms with E-state index < -0.39 is 5.92 Å². The van der Waals surface area contributed by atoms with Gasteiger partial charge < -0.3 is 14.8 Å². The number of para-hydroxylation sites is 2. The molecule has 0 aliphatic rings. The Morgan fingerprint density at radius 1 is 1.07 bits per heavy atom. The van der Waals surface area contributed by atoms with Crippen LogP contribution in [0.3, 0.4) is 0 Å². The molecule has 4 aromatic rings. The summed E-state index contributed by atoms with van der Waals surface area (Å²) >= 11 is 0. The SMILES string of the molecule is O=C(CC(c1ccc(F)cc1)c1nc2ccccc2o1)NCc1cccc(O)c1. The van der Waals surface area contributed by atoms with E-state index in [1.54, 1.807) is 30.3 Å². The summed E-state index contributed by atoms with van der Waals surface area (Å²) in [6.07, 6.45) is 0.0945. The van der Waals surface area contributed by atoms with Gasteiger partial charge in [0.25, 0.3) is 0 Å². The van der Waals surface area contributed by atoms with Gasteiger partial charge in [0.05, 0.1) is 5.92 Å². The number of rotatable bonds is 6. The molecule has 1 aromatic heterocycles. The largest absolute Gasteiger partial charge is 0.508 e. The highest BCUT2D eigenvalue weighted by molar-refractivity contribution is 5.78. The number of nitrogens with one attached hydrogen (secondary N) is 1. The number of benzene rings is 3. The lowest BCUT2D eigenvalue weighted by Crippen LogP contribution is -2.25. The minimum absolute atomic E-state index is 0.0945. The first-order chi connectivity index (χ1) is 14.1. The predicted octanol–water partition coefficient (Wildman–Crippen LogP) is 4.51. The Labute approximate surface area is 166 Å². The van der Waals surface area contributed by atoms with E-state index in [-0.39, 0.29) is 30.4 Å². The highest BCUT2D eigenvalue weighted by Gasteiger charge is 2.23. The maximum atomic E-state index is 13.4. The summed E-state index contributed by atoms with van der Waals surface area (Å²) in [5.41, 5.74) is 2.87. The molecule has 4 rings (SSSR count). The molecule has 0 aliphatic heterocycles. The van der Waals surface area contributed by atoms with Crippen molar-refractivity contribution in [3.05, 3.63) is 95.6 Å². The first-order valence-corrected chi connectivity index (χ1v) is 9.24. The number of hydrogen-bond donors (Lipinski definition) is 2.